The highest BCUT2D eigenvalue weighted by atomic mass is 19.4. The Morgan fingerprint density at radius 1 is 1.14 bits per heavy atom. The summed E-state index contributed by atoms with van der Waals surface area (Å²) in [5.74, 6) is 0.393. The second kappa shape index (κ2) is 11.9. The summed E-state index contributed by atoms with van der Waals surface area (Å²) in [7, 11) is 1.65. The highest BCUT2D eigenvalue weighted by Crippen LogP contribution is 2.45. The van der Waals surface area contributed by atoms with Gasteiger partial charge in [-0.1, -0.05) is 31.5 Å². The van der Waals surface area contributed by atoms with Gasteiger partial charge in [0.1, 0.15) is 5.75 Å². The normalized spacial score (nSPS) is 19.1. The maximum Gasteiger partial charge on any atom is 0.573 e. The molecule has 1 aliphatic carbocycles. The van der Waals surface area contributed by atoms with E-state index < -0.39 is 6.36 Å². The second-order valence-corrected chi connectivity index (χ2v) is 6.76. The van der Waals surface area contributed by atoms with Gasteiger partial charge in [-0.15, -0.1) is 13.2 Å². The minimum Gasteiger partial charge on any atom is -0.405 e. The van der Waals surface area contributed by atoms with Gasteiger partial charge in [0.2, 0.25) is 0 Å². The lowest BCUT2D eigenvalue weighted by atomic mass is 10.1. The van der Waals surface area contributed by atoms with Gasteiger partial charge in [-0.3, -0.25) is 4.99 Å². The van der Waals surface area contributed by atoms with Gasteiger partial charge < -0.3 is 24.8 Å². The molecule has 2 atom stereocenters. The van der Waals surface area contributed by atoms with Crippen LogP contribution in [0.4, 0.5) is 13.2 Å². The molecule has 9 heteroatoms. The molecule has 0 spiro atoms. The van der Waals surface area contributed by atoms with Gasteiger partial charge in [0.25, 0.3) is 0 Å². The van der Waals surface area contributed by atoms with Crippen LogP contribution in [-0.2, 0) is 9.47 Å². The lowest BCUT2D eigenvalue weighted by Gasteiger charge is -2.14. The van der Waals surface area contributed by atoms with Crippen LogP contribution < -0.4 is 15.4 Å². The van der Waals surface area contributed by atoms with E-state index in [1.165, 1.54) is 12.1 Å². The number of aliphatic imine (C=N–C) groups is 1. The van der Waals surface area contributed by atoms with Crippen LogP contribution >= 0.6 is 0 Å². The van der Waals surface area contributed by atoms with Crippen molar-refractivity contribution in [2.75, 3.05) is 40.0 Å². The van der Waals surface area contributed by atoms with Gasteiger partial charge in [-0.25, -0.2) is 0 Å². The molecule has 0 radical (unpaired) electrons. The summed E-state index contributed by atoms with van der Waals surface area (Å²) in [6.45, 7) is 5.07. The highest BCUT2D eigenvalue weighted by Gasteiger charge is 2.42. The number of halogens is 3. The molecule has 0 amide bonds. The fourth-order valence-corrected chi connectivity index (χ4v) is 2.88. The molecule has 0 heterocycles. The topological polar surface area (TPSA) is 64.1 Å². The van der Waals surface area contributed by atoms with Gasteiger partial charge in [-0.05, 0) is 24.5 Å². The van der Waals surface area contributed by atoms with Gasteiger partial charge in [0.15, 0.2) is 5.96 Å². The number of hydrogen-bond acceptors (Lipinski definition) is 4. The van der Waals surface area contributed by atoms with Crippen molar-refractivity contribution < 1.29 is 27.4 Å². The Bertz CT molecular complexity index is 641. The number of nitrogens with zero attached hydrogens (tertiary/aromatic N) is 1. The first-order chi connectivity index (χ1) is 13.9. The Balaban J connectivity index is 1.68. The molecule has 1 saturated carbocycles. The lowest BCUT2D eigenvalue weighted by Crippen LogP contribution is -2.40. The molecule has 1 aromatic rings. The standard InChI is InChI=1S/C20H30F3N3O3/c1-3-4-10-27-12-13-28-11-9-25-19(24-2)26-17-14-16(17)15-7-5-6-8-18(15)29-20(21,22)23/h5-8,16-17H,3-4,9-14H2,1-2H3,(H2,24,25,26). The summed E-state index contributed by atoms with van der Waals surface area (Å²) in [6.07, 6.45) is -1.82. The summed E-state index contributed by atoms with van der Waals surface area (Å²) in [5.41, 5.74) is 0.546. The van der Waals surface area contributed by atoms with Crippen LogP contribution in [0.3, 0.4) is 0 Å². The quantitative estimate of drug-likeness (QED) is 0.310. The highest BCUT2D eigenvalue weighted by molar-refractivity contribution is 5.80. The fourth-order valence-electron chi connectivity index (χ4n) is 2.88. The summed E-state index contributed by atoms with van der Waals surface area (Å²) in [6, 6.07) is 6.26. The summed E-state index contributed by atoms with van der Waals surface area (Å²) < 4.78 is 52.8. The van der Waals surface area contributed by atoms with E-state index in [1.807, 2.05) is 0 Å². The third kappa shape index (κ3) is 8.91. The van der Waals surface area contributed by atoms with Crippen molar-refractivity contribution >= 4 is 5.96 Å². The van der Waals surface area contributed by atoms with E-state index in [-0.39, 0.29) is 17.7 Å². The maximum absolute atomic E-state index is 12.6. The number of alkyl halides is 3. The number of guanidine groups is 1. The van der Waals surface area contributed by atoms with Crippen molar-refractivity contribution in [1.82, 2.24) is 10.6 Å². The maximum atomic E-state index is 12.6. The van der Waals surface area contributed by atoms with Crippen LogP contribution in [0.25, 0.3) is 0 Å². The minimum absolute atomic E-state index is 0.00654. The third-order valence-corrected chi connectivity index (χ3v) is 4.43. The Morgan fingerprint density at radius 3 is 2.55 bits per heavy atom. The summed E-state index contributed by atoms with van der Waals surface area (Å²) in [4.78, 5) is 4.15. The van der Waals surface area contributed by atoms with Crippen molar-refractivity contribution in [3.63, 3.8) is 0 Å². The largest absolute Gasteiger partial charge is 0.573 e. The number of rotatable bonds is 12. The number of para-hydroxylation sites is 1. The fraction of sp³-hybridized carbons (Fsp3) is 0.650. The summed E-state index contributed by atoms with van der Waals surface area (Å²) in [5, 5.41) is 6.36. The molecule has 0 aliphatic heterocycles. The van der Waals surface area contributed by atoms with Crippen LogP contribution in [-0.4, -0.2) is 58.4 Å². The number of benzene rings is 1. The monoisotopic (exact) mass is 417 g/mol. The average Bonchev–Trinajstić information content (AvgIpc) is 3.43. The SMILES string of the molecule is CCCCOCCOCCNC(=NC)NC1CC1c1ccccc1OC(F)(F)F. The Kier molecular flexibility index (Phi) is 9.53. The van der Waals surface area contributed by atoms with Gasteiger partial charge in [0.05, 0.1) is 19.8 Å². The van der Waals surface area contributed by atoms with Crippen molar-refractivity contribution in [2.45, 2.75) is 44.5 Å². The van der Waals surface area contributed by atoms with E-state index >= 15 is 0 Å². The van der Waals surface area contributed by atoms with Crippen LogP contribution in [0.1, 0.15) is 37.7 Å². The number of unbranched alkanes of at least 4 members (excludes halogenated alkanes) is 1. The van der Waals surface area contributed by atoms with E-state index in [9.17, 15) is 13.2 Å². The molecular formula is C20H30F3N3O3. The van der Waals surface area contributed by atoms with Crippen molar-refractivity contribution in [3.05, 3.63) is 29.8 Å². The van der Waals surface area contributed by atoms with Crippen LogP contribution in [0.15, 0.2) is 29.3 Å². The molecule has 6 nitrogen and oxygen atoms in total. The van der Waals surface area contributed by atoms with Crippen LogP contribution in [0, 0.1) is 0 Å². The van der Waals surface area contributed by atoms with Crippen LogP contribution in [0.5, 0.6) is 5.75 Å². The van der Waals surface area contributed by atoms with E-state index in [4.69, 9.17) is 9.47 Å². The van der Waals surface area contributed by atoms with E-state index in [2.05, 4.69) is 27.3 Å². The molecule has 29 heavy (non-hydrogen) atoms. The van der Waals surface area contributed by atoms with Crippen molar-refractivity contribution in [1.29, 1.82) is 0 Å². The molecule has 0 aromatic heterocycles. The van der Waals surface area contributed by atoms with E-state index in [0.29, 0.717) is 44.3 Å². The first-order valence-electron chi connectivity index (χ1n) is 9.92. The van der Waals surface area contributed by atoms with E-state index in [0.717, 1.165) is 19.4 Å². The number of hydrogen-bond donors (Lipinski definition) is 2. The zero-order valence-corrected chi connectivity index (χ0v) is 16.9. The third-order valence-electron chi connectivity index (χ3n) is 4.43. The first-order valence-corrected chi connectivity index (χ1v) is 9.92. The smallest absolute Gasteiger partial charge is 0.405 e. The number of ether oxygens (including phenoxy) is 3. The predicted octanol–water partition coefficient (Wildman–Crippen LogP) is 3.44. The van der Waals surface area contributed by atoms with Gasteiger partial charge >= 0.3 is 6.36 Å². The Hall–Kier alpha value is -2.00. The van der Waals surface area contributed by atoms with Gasteiger partial charge in [0, 0.05) is 32.2 Å². The molecule has 1 aliphatic rings. The van der Waals surface area contributed by atoms with E-state index in [1.54, 1.807) is 19.2 Å². The molecular weight excluding hydrogens is 387 g/mol. The average molecular weight is 417 g/mol. The predicted molar refractivity (Wildman–Crippen MR) is 105 cm³/mol. The summed E-state index contributed by atoms with van der Waals surface area (Å²) >= 11 is 0. The lowest BCUT2D eigenvalue weighted by molar-refractivity contribution is -0.274. The molecule has 1 fully saturated rings. The molecule has 164 valence electrons. The molecule has 2 unspecified atom stereocenters. The molecule has 2 rings (SSSR count). The van der Waals surface area contributed by atoms with Crippen molar-refractivity contribution in [3.8, 4) is 5.75 Å². The minimum atomic E-state index is -4.70. The molecule has 0 saturated heterocycles. The zero-order chi connectivity index (χ0) is 21.1. The van der Waals surface area contributed by atoms with Crippen LogP contribution in [0.2, 0.25) is 0 Å². The molecule has 1 aromatic carbocycles. The van der Waals surface area contributed by atoms with Crippen molar-refractivity contribution in [2.24, 2.45) is 4.99 Å². The van der Waals surface area contributed by atoms with Gasteiger partial charge in [-0.2, -0.15) is 0 Å². The Morgan fingerprint density at radius 2 is 1.86 bits per heavy atom. The molecule has 0 bridgehead atoms. The number of nitrogens with one attached hydrogen (secondary N) is 2. The zero-order valence-electron chi connectivity index (χ0n) is 16.9. The first kappa shape index (κ1) is 23.3. The Labute approximate surface area is 169 Å². The second-order valence-electron chi connectivity index (χ2n) is 6.76. The molecule has 2 N–H and O–H groups in total.